The summed E-state index contributed by atoms with van der Waals surface area (Å²) in [5.74, 6) is -0.797. The fourth-order valence-corrected chi connectivity index (χ4v) is 2.65. The second-order valence-electron chi connectivity index (χ2n) is 6.13. The third kappa shape index (κ3) is 4.71. The molecular weight excluding hydrogens is 362 g/mol. The van der Waals surface area contributed by atoms with Crippen molar-refractivity contribution in [2.24, 2.45) is 0 Å². The molecule has 0 radical (unpaired) electrons. The number of nitrogens with one attached hydrogen (secondary N) is 2. The fourth-order valence-electron chi connectivity index (χ4n) is 2.46. The lowest BCUT2D eigenvalue weighted by molar-refractivity contribution is 0.101. The summed E-state index contributed by atoms with van der Waals surface area (Å²) >= 11 is 5.92. The highest BCUT2D eigenvalue weighted by atomic mass is 35.5. The molecule has 0 aliphatic carbocycles. The first-order valence-electron chi connectivity index (χ1n) is 8.35. The summed E-state index contributed by atoms with van der Waals surface area (Å²) in [5, 5.41) is 6.03. The highest BCUT2D eigenvalue weighted by Crippen LogP contribution is 2.17. The molecule has 3 aromatic rings. The van der Waals surface area contributed by atoms with Gasteiger partial charge in [0.15, 0.2) is 0 Å². The summed E-state index contributed by atoms with van der Waals surface area (Å²) in [5.41, 5.74) is 3.76. The van der Waals surface area contributed by atoms with Crippen molar-refractivity contribution >= 4 is 34.8 Å². The Bertz CT molecular complexity index is 1020. The molecule has 136 valence electrons. The molecule has 27 heavy (non-hydrogen) atoms. The van der Waals surface area contributed by atoms with E-state index in [9.17, 15) is 9.59 Å². The number of anilines is 2. The third-order valence-electron chi connectivity index (χ3n) is 4.06. The van der Waals surface area contributed by atoms with Crippen molar-refractivity contribution in [2.75, 3.05) is 10.6 Å². The van der Waals surface area contributed by atoms with Crippen molar-refractivity contribution in [3.05, 3.63) is 88.2 Å². The molecule has 0 aliphatic rings. The van der Waals surface area contributed by atoms with Gasteiger partial charge in [0.2, 0.25) is 0 Å². The summed E-state index contributed by atoms with van der Waals surface area (Å²) in [4.78, 5) is 29.0. The van der Waals surface area contributed by atoms with Crippen molar-refractivity contribution in [1.29, 1.82) is 0 Å². The molecule has 2 N–H and O–H groups in total. The number of hydrogen-bond donors (Lipinski definition) is 2. The van der Waals surface area contributed by atoms with Gasteiger partial charge >= 0.3 is 0 Å². The molecule has 0 bridgehead atoms. The normalized spacial score (nSPS) is 10.3. The first-order valence-corrected chi connectivity index (χ1v) is 8.73. The zero-order valence-corrected chi connectivity index (χ0v) is 15.7. The van der Waals surface area contributed by atoms with Crippen LogP contribution in [0.2, 0.25) is 5.02 Å². The zero-order chi connectivity index (χ0) is 19.4. The number of aryl methyl sites for hydroxylation is 2. The van der Waals surface area contributed by atoms with E-state index >= 15 is 0 Å². The molecule has 0 saturated carbocycles. The highest BCUT2D eigenvalue weighted by molar-refractivity contribution is 6.31. The molecule has 2 aromatic carbocycles. The van der Waals surface area contributed by atoms with E-state index in [1.807, 2.05) is 32.0 Å². The van der Waals surface area contributed by atoms with Crippen LogP contribution in [0.1, 0.15) is 32.1 Å². The van der Waals surface area contributed by atoms with Crippen LogP contribution in [0.5, 0.6) is 0 Å². The van der Waals surface area contributed by atoms with Crippen molar-refractivity contribution < 1.29 is 9.59 Å². The Morgan fingerprint density at radius 1 is 0.778 bits per heavy atom. The van der Waals surface area contributed by atoms with Gasteiger partial charge < -0.3 is 10.6 Å². The standard InChI is InChI=1S/C21H18ClN3O2/c1-13-9-10-17(11-14(13)2)24-21(27)19-8-4-7-18(25-19)20(26)23-16-6-3-5-15(22)12-16/h3-12H,1-2H3,(H,23,26)(H,24,27). The Kier molecular flexibility index (Phi) is 5.52. The van der Waals surface area contributed by atoms with Crippen LogP contribution < -0.4 is 10.6 Å². The molecule has 0 atom stereocenters. The highest BCUT2D eigenvalue weighted by Gasteiger charge is 2.13. The number of hydrogen-bond acceptors (Lipinski definition) is 3. The molecule has 0 unspecified atom stereocenters. The first-order chi connectivity index (χ1) is 12.9. The molecule has 0 aliphatic heterocycles. The van der Waals surface area contributed by atoms with Gasteiger partial charge in [-0.05, 0) is 67.4 Å². The summed E-state index contributed by atoms with van der Waals surface area (Å²) < 4.78 is 0. The number of carbonyl (C=O) groups is 2. The number of aromatic nitrogens is 1. The maximum atomic E-state index is 12.5. The van der Waals surface area contributed by atoms with Gasteiger partial charge in [0.25, 0.3) is 11.8 Å². The van der Waals surface area contributed by atoms with Gasteiger partial charge in [-0.2, -0.15) is 0 Å². The van der Waals surface area contributed by atoms with E-state index in [-0.39, 0.29) is 17.3 Å². The Morgan fingerprint density at radius 3 is 1.96 bits per heavy atom. The smallest absolute Gasteiger partial charge is 0.274 e. The van der Waals surface area contributed by atoms with Crippen LogP contribution in [0.4, 0.5) is 11.4 Å². The second kappa shape index (κ2) is 8.01. The van der Waals surface area contributed by atoms with Crippen molar-refractivity contribution in [1.82, 2.24) is 4.98 Å². The van der Waals surface area contributed by atoms with Crippen LogP contribution in [-0.2, 0) is 0 Å². The Labute approximate surface area is 162 Å². The average molecular weight is 380 g/mol. The SMILES string of the molecule is Cc1ccc(NC(=O)c2cccc(C(=O)Nc3cccc(Cl)c3)n2)cc1C. The van der Waals surface area contributed by atoms with Gasteiger partial charge in [0.05, 0.1) is 0 Å². The van der Waals surface area contributed by atoms with Gasteiger partial charge in [0.1, 0.15) is 11.4 Å². The summed E-state index contributed by atoms with van der Waals surface area (Å²) in [6, 6.07) is 17.2. The number of carbonyl (C=O) groups excluding carboxylic acids is 2. The number of benzene rings is 2. The lowest BCUT2D eigenvalue weighted by Crippen LogP contribution is -2.18. The van der Waals surface area contributed by atoms with Crippen molar-refractivity contribution in [3.8, 4) is 0 Å². The maximum absolute atomic E-state index is 12.5. The van der Waals surface area contributed by atoms with Gasteiger partial charge in [0, 0.05) is 16.4 Å². The largest absolute Gasteiger partial charge is 0.321 e. The predicted molar refractivity (Wildman–Crippen MR) is 108 cm³/mol. The van der Waals surface area contributed by atoms with Crippen molar-refractivity contribution in [3.63, 3.8) is 0 Å². The van der Waals surface area contributed by atoms with E-state index in [0.717, 1.165) is 11.1 Å². The summed E-state index contributed by atoms with van der Waals surface area (Å²) in [6.07, 6.45) is 0. The van der Waals surface area contributed by atoms with E-state index in [0.29, 0.717) is 16.4 Å². The maximum Gasteiger partial charge on any atom is 0.274 e. The van der Waals surface area contributed by atoms with Gasteiger partial charge in [-0.25, -0.2) is 4.98 Å². The van der Waals surface area contributed by atoms with Gasteiger partial charge in [-0.1, -0.05) is 29.8 Å². The zero-order valence-electron chi connectivity index (χ0n) is 14.9. The quantitative estimate of drug-likeness (QED) is 0.680. The minimum Gasteiger partial charge on any atom is -0.321 e. The Morgan fingerprint density at radius 2 is 1.37 bits per heavy atom. The first kappa shape index (κ1) is 18.6. The molecule has 3 rings (SSSR count). The fraction of sp³-hybridized carbons (Fsp3) is 0.0952. The van der Waals surface area contributed by atoms with Gasteiger partial charge in [-0.3, -0.25) is 9.59 Å². The Balaban J connectivity index is 1.75. The predicted octanol–water partition coefficient (Wildman–Crippen LogP) is 4.86. The van der Waals surface area contributed by atoms with Crippen LogP contribution in [0.15, 0.2) is 60.7 Å². The lowest BCUT2D eigenvalue weighted by Gasteiger charge is -2.09. The van der Waals surface area contributed by atoms with Crippen LogP contribution in [0, 0.1) is 13.8 Å². The molecule has 0 spiro atoms. The van der Waals surface area contributed by atoms with Crippen molar-refractivity contribution in [2.45, 2.75) is 13.8 Å². The Hall–Kier alpha value is -3.18. The molecule has 1 heterocycles. The molecule has 6 heteroatoms. The van der Waals surface area contributed by atoms with Crippen LogP contribution in [0.25, 0.3) is 0 Å². The minimum absolute atomic E-state index is 0.141. The minimum atomic E-state index is -0.418. The third-order valence-corrected chi connectivity index (χ3v) is 4.30. The number of rotatable bonds is 4. The van der Waals surface area contributed by atoms with E-state index in [1.54, 1.807) is 42.5 Å². The van der Waals surface area contributed by atoms with E-state index in [4.69, 9.17) is 11.6 Å². The number of amides is 2. The van der Waals surface area contributed by atoms with E-state index in [2.05, 4.69) is 15.6 Å². The van der Waals surface area contributed by atoms with Crippen LogP contribution in [0.3, 0.4) is 0 Å². The van der Waals surface area contributed by atoms with Gasteiger partial charge in [-0.15, -0.1) is 0 Å². The number of nitrogens with zero attached hydrogens (tertiary/aromatic N) is 1. The number of pyridine rings is 1. The lowest BCUT2D eigenvalue weighted by atomic mass is 10.1. The molecular formula is C21H18ClN3O2. The summed E-state index contributed by atoms with van der Waals surface area (Å²) in [6.45, 7) is 3.98. The number of halogens is 1. The van der Waals surface area contributed by atoms with E-state index < -0.39 is 5.91 Å². The molecule has 0 saturated heterocycles. The molecule has 5 nitrogen and oxygen atoms in total. The molecule has 0 fully saturated rings. The second-order valence-corrected chi connectivity index (χ2v) is 6.56. The molecule has 1 aromatic heterocycles. The van der Waals surface area contributed by atoms with Crippen LogP contribution in [-0.4, -0.2) is 16.8 Å². The summed E-state index contributed by atoms with van der Waals surface area (Å²) in [7, 11) is 0. The monoisotopic (exact) mass is 379 g/mol. The van der Waals surface area contributed by atoms with E-state index in [1.165, 1.54) is 0 Å². The topological polar surface area (TPSA) is 71.1 Å². The van der Waals surface area contributed by atoms with Crippen LogP contribution >= 0.6 is 11.6 Å². The molecule has 2 amide bonds. The average Bonchev–Trinajstić information content (AvgIpc) is 2.65.